The Morgan fingerprint density at radius 3 is 2.53 bits per heavy atom. The third-order valence-corrected chi connectivity index (χ3v) is 3.57. The Balaban J connectivity index is 2.81. The fourth-order valence-electron chi connectivity index (χ4n) is 1.58. The maximum atomic E-state index is 13.3. The first kappa shape index (κ1) is 15.6. The van der Waals surface area contributed by atoms with Gasteiger partial charge in [0.15, 0.2) is 0 Å². The van der Waals surface area contributed by atoms with Crippen molar-refractivity contribution in [2.45, 2.75) is 18.8 Å². The summed E-state index contributed by atoms with van der Waals surface area (Å²) in [4.78, 5) is 10.4. The zero-order chi connectivity index (χ0) is 14.7. The normalized spacial score (nSPS) is 12.4. The van der Waals surface area contributed by atoms with Crippen molar-refractivity contribution in [1.29, 1.82) is 0 Å². The van der Waals surface area contributed by atoms with Gasteiger partial charge in [-0.3, -0.25) is 0 Å². The van der Waals surface area contributed by atoms with Gasteiger partial charge < -0.3 is 5.11 Å². The predicted octanol–water partition coefficient (Wildman–Crippen LogP) is 1.84. The largest absolute Gasteiger partial charge is 0.477 e. The SMILES string of the molecule is CS(=O)(=O)CCCc1cccc(C(F)(F)C(=O)O)c1. The van der Waals surface area contributed by atoms with Crippen LogP contribution in [-0.4, -0.2) is 31.5 Å². The second-order valence-corrected chi connectivity index (χ2v) is 6.57. The standard InChI is InChI=1S/C12H14F2O4S/c1-19(17,18)7-3-5-9-4-2-6-10(8-9)12(13,14)11(15)16/h2,4,6,8H,3,5,7H2,1H3,(H,15,16). The van der Waals surface area contributed by atoms with E-state index in [1.807, 2.05) is 0 Å². The summed E-state index contributed by atoms with van der Waals surface area (Å²) in [7, 11) is -3.09. The molecule has 1 aromatic carbocycles. The molecule has 0 aliphatic heterocycles. The number of sulfone groups is 1. The van der Waals surface area contributed by atoms with Gasteiger partial charge in [0.25, 0.3) is 0 Å². The number of benzene rings is 1. The van der Waals surface area contributed by atoms with Crippen LogP contribution in [0.3, 0.4) is 0 Å². The van der Waals surface area contributed by atoms with Crippen LogP contribution in [0, 0.1) is 0 Å². The van der Waals surface area contributed by atoms with E-state index in [0.29, 0.717) is 18.4 Å². The summed E-state index contributed by atoms with van der Waals surface area (Å²) in [5, 5.41) is 8.44. The molecule has 1 N–H and O–H groups in total. The summed E-state index contributed by atoms with van der Waals surface area (Å²) in [5.41, 5.74) is -0.112. The predicted molar refractivity (Wildman–Crippen MR) is 66.0 cm³/mol. The fourth-order valence-corrected chi connectivity index (χ4v) is 2.25. The molecule has 0 atom stereocenters. The van der Waals surface area contributed by atoms with Gasteiger partial charge in [-0.1, -0.05) is 18.2 Å². The topological polar surface area (TPSA) is 71.4 Å². The summed E-state index contributed by atoms with van der Waals surface area (Å²) < 4.78 is 48.4. The first-order chi connectivity index (χ1) is 8.63. The average Bonchev–Trinajstić information content (AvgIpc) is 2.27. The number of carboxylic acids is 1. The van der Waals surface area contributed by atoms with Crippen LogP contribution in [0.1, 0.15) is 17.5 Å². The van der Waals surface area contributed by atoms with E-state index in [4.69, 9.17) is 5.11 Å². The van der Waals surface area contributed by atoms with Gasteiger partial charge in [0.1, 0.15) is 9.84 Å². The van der Waals surface area contributed by atoms with E-state index in [0.717, 1.165) is 18.4 Å². The molecule has 0 aliphatic carbocycles. The molecule has 0 bridgehead atoms. The van der Waals surface area contributed by atoms with E-state index in [2.05, 4.69) is 0 Å². The van der Waals surface area contributed by atoms with Crippen molar-refractivity contribution in [2.24, 2.45) is 0 Å². The number of hydrogen-bond donors (Lipinski definition) is 1. The minimum absolute atomic E-state index is 0.0352. The molecule has 1 aromatic rings. The second kappa shape index (κ2) is 5.64. The highest BCUT2D eigenvalue weighted by atomic mass is 32.2. The van der Waals surface area contributed by atoms with Crippen LogP contribution in [0.2, 0.25) is 0 Å². The summed E-state index contributed by atoms with van der Waals surface area (Å²) in [6.45, 7) is 0. The van der Waals surface area contributed by atoms with Crippen LogP contribution in [-0.2, 0) is 27.0 Å². The molecular formula is C12H14F2O4S. The van der Waals surface area contributed by atoms with Crippen molar-refractivity contribution >= 4 is 15.8 Å². The Kier molecular flexibility index (Phi) is 4.62. The summed E-state index contributed by atoms with van der Waals surface area (Å²) in [6, 6.07) is 5.02. The van der Waals surface area contributed by atoms with Crippen LogP contribution in [0.25, 0.3) is 0 Å². The first-order valence-electron chi connectivity index (χ1n) is 5.51. The van der Waals surface area contributed by atoms with Crippen molar-refractivity contribution in [3.63, 3.8) is 0 Å². The van der Waals surface area contributed by atoms with Crippen LogP contribution >= 0.6 is 0 Å². The maximum Gasteiger partial charge on any atom is 0.379 e. The lowest BCUT2D eigenvalue weighted by Crippen LogP contribution is -2.25. The Hall–Kier alpha value is -1.50. The monoisotopic (exact) mass is 292 g/mol. The minimum atomic E-state index is -3.94. The van der Waals surface area contributed by atoms with Gasteiger partial charge in [-0.2, -0.15) is 8.78 Å². The molecule has 0 saturated carbocycles. The van der Waals surface area contributed by atoms with Gasteiger partial charge in [0.2, 0.25) is 0 Å². The Morgan fingerprint density at radius 2 is 2.00 bits per heavy atom. The molecule has 0 radical (unpaired) electrons. The van der Waals surface area contributed by atoms with E-state index in [-0.39, 0.29) is 5.75 Å². The Bertz CT molecular complexity index is 567. The summed E-state index contributed by atoms with van der Waals surface area (Å²) in [6.07, 6.45) is 1.71. The van der Waals surface area contributed by atoms with E-state index < -0.39 is 27.3 Å². The maximum absolute atomic E-state index is 13.3. The van der Waals surface area contributed by atoms with Gasteiger partial charge in [0.05, 0.1) is 5.75 Å². The molecule has 19 heavy (non-hydrogen) atoms. The number of alkyl halides is 2. The number of halogens is 2. The van der Waals surface area contributed by atoms with Gasteiger partial charge in [-0.05, 0) is 24.5 Å². The number of carboxylic acid groups (broad SMARTS) is 1. The van der Waals surface area contributed by atoms with E-state index in [1.165, 1.54) is 6.07 Å². The van der Waals surface area contributed by atoms with E-state index >= 15 is 0 Å². The summed E-state index contributed by atoms with van der Waals surface area (Å²) >= 11 is 0. The molecule has 7 heteroatoms. The van der Waals surface area contributed by atoms with Gasteiger partial charge >= 0.3 is 11.9 Å². The van der Waals surface area contributed by atoms with Gasteiger partial charge in [-0.25, -0.2) is 13.2 Å². The summed E-state index contributed by atoms with van der Waals surface area (Å²) in [5.74, 6) is -6.18. The fraction of sp³-hybridized carbons (Fsp3) is 0.417. The average molecular weight is 292 g/mol. The third kappa shape index (κ3) is 4.59. The molecule has 1 rings (SSSR count). The van der Waals surface area contributed by atoms with Crippen LogP contribution in [0.4, 0.5) is 8.78 Å². The van der Waals surface area contributed by atoms with Crippen LogP contribution in [0.5, 0.6) is 0 Å². The smallest absolute Gasteiger partial charge is 0.379 e. The quantitative estimate of drug-likeness (QED) is 0.868. The molecule has 0 aromatic heterocycles. The van der Waals surface area contributed by atoms with Crippen LogP contribution < -0.4 is 0 Å². The highest BCUT2D eigenvalue weighted by Gasteiger charge is 2.40. The molecule has 0 aliphatic rings. The van der Waals surface area contributed by atoms with Crippen molar-refractivity contribution in [1.82, 2.24) is 0 Å². The zero-order valence-corrected chi connectivity index (χ0v) is 11.1. The molecule has 0 amide bonds. The number of carbonyl (C=O) groups is 1. The van der Waals surface area contributed by atoms with E-state index in [9.17, 15) is 22.0 Å². The first-order valence-corrected chi connectivity index (χ1v) is 7.57. The lowest BCUT2D eigenvalue weighted by molar-refractivity contribution is -0.166. The minimum Gasteiger partial charge on any atom is -0.477 e. The number of aliphatic carboxylic acids is 1. The third-order valence-electron chi connectivity index (χ3n) is 2.54. The molecule has 0 unspecified atom stereocenters. The second-order valence-electron chi connectivity index (χ2n) is 4.31. The van der Waals surface area contributed by atoms with E-state index in [1.54, 1.807) is 6.07 Å². The van der Waals surface area contributed by atoms with Gasteiger partial charge in [-0.15, -0.1) is 0 Å². The number of aryl methyl sites for hydroxylation is 1. The highest BCUT2D eigenvalue weighted by Crippen LogP contribution is 2.28. The molecule has 0 heterocycles. The Labute approximate surface area is 110 Å². The number of hydrogen-bond acceptors (Lipinski definition) is 3. The molecular weight excluding hydrogens is 278 g/mol. The van der Waals surface area contributed by atoms with Crippen molar-refractivity contribution in [2.75, 3.05) is 12.0 Å². The lowest BCUT2D eigenvalue weighted by atomic mass is 10.0. The number of rotatable bonds is 6. The van der Waals surface area contributed by atoms with Crippen LogP contribution in [0.15, 0.2) is 24.3 Å². The molecule has 0 fully saturated rings. The van der Waals surface area contributed by atoms with Crippen molar-refractivity contribution in [3.8, 4) is 0 Å². The van der Waals surface area contributed by atoms with Gasteiger partial charge in [0, 0.05) is 11.8 Å². The molecule has 0 saturated heterocycles. The highest BCUT2D eigenvalue weighted by molar-refractivity contribution is 7.90. The zero-order valence-electron chi connectivity index (χ0n) is 10.3. The molecule has 0 spiro atoms. The lowest BCUT2D eigenvalue weighted by Gasteiger charge is -2.12. The molecule has 106 valence electrons. The van der Waals surface area contributed by atoms with Crippen molar-refractivity contribution < 1.29 is 27.1 Å². The Morgan fingerprint density at radius 1 is 1.37 bits per heavy atom. The van der Waals surface area contributed by atoms with Crippen molar-refractivity contribution in [3.05, 3.63) is 35.4 Å². The molecule has 4 nitrogen and oxygen atoms in total.